The zero-order chi connectivity index (χ0) is 13.8. The second kappa shape index (κ2) is 6.21. The van der Waals surface area contributed by atoms with E-state index in [0.29, 0.717) is 0 Å². The van der Waals surface area contributed by atoms with Crippen LogP contribution in [0.2, 0.25) is 0 Å². The van der Waals surface area contributed by atoms with Crippen molar-refractivity contribution < 1.29 is 4.74 Å². The van der Waals surface area contributed by atoms with Crippen LogP contribution in [-0.2, 0) is 6.54 Å². The number of nitrogens with zero attached hydrogens (tertiary/aromatic N) is 2. The molecule has 4 nitrogen and oxygen atoms in total. The van der Waals surface area contributed by atoms with Gasteiger partial charge in [0, 0.05) is 6.54 Å². The molecular formula is C14H18BrN3O. The fourth-order valence-electron chi connectivity index (χ4n) is 2.17. The van der Waals surface area contributed by atoms with Crippen LogP contribution in [0.25, 0.3) is 0 Å². The number of rotatable bonds is 5. The van der Waals surface area contributed by atoms with Gasteiger partial charge in [0.1, 0.15) is 5.75 Å². The molecule has 0 aliphatic heterocycles. The standard InChI is InChI=1S/C14H18BrN3O/c1-4-18-14(12(15)9-17-18)13(16-2)10-5-7-11(19-3)8-6-10/h5-9,13,16H,4H2,1-3H3. The van der Waals surface area contributed by atoms with Crippen molar-refractivity contribution in [2.24, 2.45) is 0 Å². The first-order chi connectivity index (χ1) is 9.21. The highest BCUT2D eigenvalue weighted by Gasteiger charge is 2.19. The summed E-state index contributed by atoms with van der Waals surface area (Å²) in [6.45, 7) is 2.93. The lowest BCUT2D eigenvalue weighted by Crippen LogP contribution is -2.21. The molecule has 1 aromatic carbocycles. The predicted molar refractivity (Wildman–Crippen MR) is 79.5 cm³/mol. The maximum atomic E-state index is 5.19. The van der Waals surface area contributed by atoms with E-state index in [2.05, 4.69) is 45.4 Å². The lowest BCUT2D eigenvalue weighted by atomic mass is 10.0. The highest BCUT2D eigenvalue weighted by atomic mass is 79.9. The fourth-order valence-corrected chi connectivity index (χ4v) is 2.69. The van der Waals surface area contributed by atoms with Crippen LogP contribution in [0.5, 0.6) is 5.75 Å². The van der Waals surface area contributed by atoms with Gasteiger partial charge in [-0.25, -0.2) is 0 Å². The fraction of sp³-hybridized carbons (Fsp3) is 0.357. The van der Waals surface area contributed by atoms with E-state index in [1.54, 1.807) is 7.11 Å². The lowest BCUT2D eigenvalue weighted by Gasteiger charge is -2.19. The SMILES string of the molecule is CCn1ncc(Br)c1C(NC)c1ccc(OC)cc1. The summed E-state index contributed by atoms with van der Waals surface area (Å²) in [5.41, 5.74) is 2.31. The number of hydrogen-bond donors (Lipinski definition) is 1. The van der Waals surface area contributed by atoms with Crippen molar-refractivity contribution in [2.75, 3.05) is 14.2 Å². The lowest BCUT2D eigenvalue weighted by molar-refractivity contribution is 0.414. The van der Waals surface area contributed by atoms with Gasteiger partial charge in [-0.05, 0) is 47.6 Å². The maximum absolute atomic E-state index is 5.19. The number of benzene rings is 1. The molecule has 0 saturated heterocycles. The van der Waals surface area contributed by atoms with Gasteiger partial charge in [-0.1, -0.05) is 12.1 Å². The topological polar surface area (TPSA) is 39.1 Å². The third-order valence-electron chi connectivity index (χ3n) is 3.14. The predicted octanol–water partition coefficient (Wildman–Crippen LogP) is 2.98. The molecule has 0 aliphatic carbocycles. The minimum atomic E-state index is 0.0998. The van der Waals surface area contributed by atoms with E-state index >= 15 is 0 Å². The van der Waals surface area contributed by atoms with Gasteiger partial charge in [-0.2, -0.15) is 5.10 Å². The highest BCUT2D eigenvalue weighted by molar-refractivity contribution is 9.10. The van der Waals surface area contributed by atoms with E-state index in [0.717, 1.165) is 22.5 Å². The van der Waals surface area contributed by atoms with Crippen LogP contribution in [0, 0.1) is 0 Å². The van der Waals surface area contributed by atoms with Crippen molar-refractivity contribution in [3.8, 4) is 5.75 Å². The van der Waals surface area contributed by atoms with Gasteiger partial charge in [0.05, 0.1) is 29.5 Å². The number of nitrogens with one attached hydrogen (secondary N) is 1. The minimum absolute atomic E-state index is 0.0998. The number of methoxy groups -OCH3 is 1. The van der Waals surface area contributed by atoms with Crippen molar-refractivity contribution in [3.63, 3.8) is 0 Å². The largest absolute Gasteiger partial charge is 0.497 e. The Morgan fingerprint density at radius 3 is 2.58 bits per heavy atom. The summed E-state index contributed by atoms with van der Waals surface area (Å²) >= 11 is 3.58. The molecule has 1 atom stereocenters. The molecule has 1 unspecified atom stereocenters. The summed E-state index contributed by atoms with van der Waals surface area (Å²) in [7, 11) is 3.63. The molecule has 1 heterocycles. The van der Waals surface area contributed by atoms with Crippen molar-refractivity contribution in [2.45, 2.75) is 19.5 Å². The first-order valence-corrected chi connectivity index (χ1v) is 7.03. The number of halogens is 1. The number of ether oxygens (including phenoxy) is 1. The van der Waals surface area contributed by atoms with E-state index in [9.17, 15) is 0 Å². The van der Waals surface area contributed by atoms with E-state index in [4.69, 9.17) is 4.74 Å². The zero-order valence-corrected chi connectivity index (χ0v) is 12.9. The molecule has 1 aromatic heterocycles. The van der Waals surface area contributed by atoms with Gasteiger partial charge in [0.25, 0.3) is 0 Å². The van der Waals surface area contributed by atoms with Crippen molar-refractivity contribution >= 4 is 15.9 Å². The third kappa shape index (κ3) is 2.82. The Hall–Kier alpha value is -1.33. The molecule has 2 aromatic rings. The molecule has 102 valence electrons. The average molecular weight is 324 g/mol. The zero-order valence-electron chi connectivity index (χ0n) is 11.4. The normalized spacial score (nSPS) is 12.4. The van der Waals surface area contributed by atoms with Gasteiger partial charge in [-0.3, -0.25) is 4.68 Å². The van der Waals surface area contributed by atoms with Gasteiger partial charge >= 0.3 is 0 Å². The number of aromatic nitrogens is 2. The van der Waals surface area contributed by atoms with Gasteiger partial charge < -0.3 is 10.1 Å². The van der Waals surface area contributed by atoms with Crippen molar-refractivity contribution in [3.05, 3.63) is 46.2 Å². The summed E-state index contributed by atoms with van der Waals surface area (Å²) in [4.78, 5) is 0. The Balaban J connectivity index is 2.40. The van der Waals surface area contributed by atoms with E-state index < -0.39 is 0 Å². The van der Waals surface area contributed by atoms with Crippen molar-refractivity contribution in [1.82, 2.24) is 15.1 Å². The van der Waals surface area contributed by atoms with E-state index in [1.165, 1.54) is 5.56 Å². The summed E-state index contributed by atoms with van der Waals surface area (Å²) in [6, 6.07) is 8.18. The molecule has 1 N–H and O–H groups in total. The van der Waals surface area contributed by atoms with Crippen LogP contribution < -0.4 is 10.1 Å². The second-order valence-electron chi connectivity index (χ2n) is 4.19. The molecule has 5 heteroatoms. The number of aryl methyl sites for hydroxylation is 1. The van der Waals surface area contributed by atoms with Gasteiger partial charge in [0.2, 0.25) is 0 Å². The molecule has 0 saturated carbocycles. The first kappa shape index (κ1) is 14.1. The average Bonchev–Trinajstić information content (AvgIpc) is 2.82. The monoisotopic (exact) mass is 323 g/mol. The van der Waals surface area contributed by atoms with Crippen molar-refractivity contribution in [1.29, 1.82) is 0 Å². The number of hydrogen-bond acceptors (Lipinski definition) is 3. The molecule has 0 bridgehead atoms. The highest BCUT2D eigenvalue weighted by Crippen LogP contribution is 2.29. The third-order valence-corrected chi connectivity index (χ3v) is 3.76. The van der Waals surface area contributed by atoms with Crippen LogP contribution in [0.4, 0.5) is 0 Å². The minimum Gasteiger partial charge on any atom is -0.497 e. The summed E-state index contributed by atoms with van der Waals surface area (Å²) in [5, 5.41) is 7.71. The summed E-state index contributed by atoms with van der Waals surface area (Å²) in [6.07, 6.45) is 1.84. The summed E-state index contributed by atoms with van der Waals surface area (Å²) < 4.78 is 8.21. The van der Waals surface area contributed by atoms with Gasteiger partial charge in [0.15, 0.2) is 0 Å². The molecule has 0 amide bonds. The maximum Gasteiger partial charge on any atom is 0.118 e. The van der Waals surface area contributed by atoms with Crippen LogP contribution >= 0.6 is 15.9 Å². The van der Waals surface area contributed by atoms with E-state index in [-0.39, 0.29) is 6.04 Å². The molecular weight excluding hydrogens is 306 g/mol. The molecule has 0 fully saturated rings. The molecule has 0 spiro atoms. The Labute approximate surface area is 121 Å². The summed E-state index contributed by atoms with van der Waals surface area (Å²) in [5.74, 6) is 0.863. The smallest absolute Gasteiger partial charge is 0.118 e. The molecule has 2 rings (SSSR count). The second-order valence-corrected chi connectivity index (χ2v) is 5.04. The van der Waals surface area contributed by atoms with E-state index in [1.807, 2.05) is 30.1 Å². The molecule has 0 radical (unpaired) electrons. The molecule has 19 heavy (non-hydrogen) atoms. The van der Waals surface area contributed by atoms with Crippen LogP contribution in [0.15, 0.2) is 34.9 Å². The Morgan fingerprint density at radius 2 is 2.05 bits per heavy atom. The van der Waals surface area contributed by atoms with Crippen LogP contribution in [0.3, 0.4) is 0 Å². The quantitative estimate of drug-likeness (QED) is 0.919. The van der Waals surface area contributed by atoms with Crippen LogP contribution in [-0.4, -0.2) is 23.9 Å². The first-order valence-electron chi connectivity index (χ1n) is 6.23. The molecule has 0 aliphatic rings. The Morgan fingerprint density at radius 1 is 1.37 bits per heavy atom. The Kier molecular flexibility index (Phi) is 4.61. The van der Waals surface area contributed by atoms with Crippen LogP contribution in [0.1, 0.15) is 24.2 Å². The van der Waals surface area contributed by atoms with Gasteiger partial charge in [-0.15, -0.1) is 0 Å². The Bertz CT molecular complexity index is 536.